The first-order chi connectivity index (χ1) is 19.2. The van der Waals surface area contributed by atoms with Crippen LogP contribution in [0.2, 0.25) is 0 Å². The summed E-state index contributed by atoms with van der Waals surface area (Å²) in [5, 5.41) is 44.8. The summed E-state index contributed by atoms with van der Waals surface area (Å²) < 4.78 is 0. The molecule has 4 unspecified atom stereocenters. The summed E-state index contributed by atoms with van der Waals surface area (Å²) in [6, 6.07) is 8.78. The molecule has 41 heavy (non-hydrogen) atoms. The molecule has 0 saturated heterocycles. The van der Waals surface area contributed by atoms with Crippen LogP contribution in [-0.4, -0.2) is 93.4 Å². The van der Waals surface area contributed by atoms with Crippen LogP contribution >= 0.6 is 0 Å². The number of primary amides is 1. The van der Waals surface area contributed by atoms with E-state index in [9.17, 15) is 39.6 Å². The van der Waals surface area contributed by atoms with E-state index in [4.69, 9.17) is 5.73 Å². The molecule has 0 aromatic heterocycles. The van der Waals surface area contributed by atoms with Crippen LogP contribution < -0.4 is 5.73 Å². The number of hydrogen-bond donors (Lipinski definition) is 5. The van der Waals surface area contributed by atoms with Gasteiger partial charge in [-0.2, -0.15) is 0 Å². The molecule has 0 heterocycles. The van der Waals surface area contributed by atoms with Gasteiger partial charge in [0, 0.05) is 31.1 Å². The van der Waals surface area contributed by atoms with Crippen LogP contribution in [0.25, 0.3) is 11.1 Å². The summed E-state index contributed by atoms with van der Waals surface area (Å²) in [5.41, 5.74) is 3.65. The number of fused-ring (bicyclic) bond motifs is 3. The van der Waals surface area contributed by atoms with Crippen LogP contribution in [0, 0.1) is 11.8 Å². The van der Waals surface area contributed by atoms with Gasteiger partial charge in [0.05, 0.1) is 11.6 Å². The number of ketones is 2. The minimum absolute atomic E-state index is 0.0139. The highest BCUT2D eigenvalue weighted by Crippen LogP contribution is 2.53. The van der Waals surface area contributed by atoms with Crippen molar-refractivity contribution >= 4 is 23.4 Å². The van der Waals surface area contributed by atoms with Gasteiger partial charge in [-0.15, -0.1) is 0 Å². The van der Waals surface area contributed by atoms with E-state index in [-0.39, 0.29) is 35.6 Å². The van der Waals surface area contributed by atoms with Gasteiger partial charge >= 0.3 is 0 Å². The Balaban J connectivity index is 1.69. The molecule has 214 valence electrons. The van der Waals surface area contributed by atoms with Crippen LogP contribution in [0.4, 0.5) is 0 Å². The number of phenolic OH excluding ortho intramolecular Hbond substituents is 1. The second-order valence-electron chi connectivity index (χ2n) is 11.2. The molecule has 11 nitrogen and oxygen atoms in total. The number of aromatic hydroxyl groups is 1. The predicted molar refractivity (Wildman–Crippen MR) is 147 cm³/mol. The Labute approximate surface area is 235 Å². The van der Waals surface area contributed by atoms with E-state index in [2.05, 4.69) is 0 Å². The zero-order valence-electron chi connectivity index (χ0n) is 23.0. The summed E-state index contributed by atoms with van der Waals surface area (Å²) in [5.74, 6) is -7.24. The number of carbonyl (C=O) groups is 4. The molecule has 2 aromatic rings. The van der Waals surface area contributed by atoms with E-state index in [0.29, 0.717) is 22.3 Å². The second-order valence-corrected chi connectivity index (χ2v) is 11.2. The predicted octanol–water partition coefficient (Wildman–Crippen LogP) is 1.49. The number of likely N-dealkylation sites (N-methyl/N-ethyl adjacent to an activating group) is 1. The number of hydrogen-bond acceptors (Lipinski definition) is 9. The molecule has 0 spiro atoms. The van der Waals surface area contributed by atoms with Crippen molar-refractivity contribution in [3.05, 3.63) is 75.8 Å². The molecule has 6 N–H and O–H groups in total. The number of nitrogens with two attached hydrogens (primary N) is 1. The Morgan fingerprint density at radius 2 is 1.71 bits per heavy atom. The molecular weight excluding hydrogens is 530 g/mol. The molecule has 3 aliphatic rings. The van der Waals surface area contributed by atoms with Gasteiger partial charge in [-0.25, -0.2) is 0 Å². The number of phenols is 1. The number of benzene rings is 2. The third kappa shape index (κ3) is 3.95. The van der Waals surface area contributed by atoms with Crippen molar-refractivity contribution in [3.8, 4) is 16.9 Å². The van der Waals surface area contributed by atoms with E-state index >= 15 is 0 Å². The van der Waals surface area contributed by atoms with Gasteiger partial charge in [0.25, 0.3) is 11.8 Å². The Kier molecular flexibility index (Phi) is 6.55. The summed E-state index contributed by atoms with van der Waals surface area (Å²) in [7, 11) is 6.42. The lowest BCUT2D eigenvalue weighted by Crippen LogP contribution is -2.63. The van der Waals surface area contributed by atoms with E-state index in [0.717, 1.165) is 0 Å². The number of aliphatic hydroxyl groups is 3. The summed E-state index contributed by atoms with van der Waals surface area (Å²) in [6.45, 7) is 0. The topological polar surface area (TPSA) is 182 Å². The van der Waals surface area contributed by atoms with Crippen molar-refractivity contribution in [3.63, 3.8) is 0 Å². The minimum atomic E-state index is -2.70. The molecule has 0 radical (unpaired) electrons. The monoisotopic (exact) mass is 561 g/mol. The maximum absolute atomic E-state index is 13.9. The Morgan fingerprint density at radius 1 is 1.02 bits per heavy atom. The smallest absolute Gasteiger partial charge is 0.255 e. The lowest BCUT2D eigenvalue weighted by Gasteiger charge is -2.50. The van der Waals surface area contributed by atoms with Crippen LogP contribution in [0.15, 0.2) is 59.1 Å². The van der Waals surface area contributed by atoms with E-state index < -0.39 is 58.0 Å². The Hall–Kier alpha value is -4.48. The van der Waals surface area contributed by atoms with Crippen LogP contribution in [0.5, 0.6) is 5.75 Å². The SMILES string of the molecule is CN(C)C(=O)c1cccc(-c2ccc(O)c3c2CC2CC4C(N(C)C)C(O)=C(C(N)=O)C(=O)C4(O)C(O)=C2C3=O)c1. The number of carbonyl (C=O) groups excluding carboxylic acids is 4. The lowest BCUT2D eigenvalue weighted by atomic mass is 9.58. The third-order valence-electron chi connectivity index (χ3n) is 8.43. The van der Waals surface area contributed by atoms with Gasteiger partial charge < -0.3 is 31.1 Å². The van der Waals surface area contributed by atoms with E-state index in [1.807, 2.05) is 0 Å². The van der Waals surface area contributed by atoms with Crippen LogP contribution in [0.3, 0.4) is 0 Å². The number of allylic oxidation sites excluding steroid dienone is 1. The van der Waals surface area contributed by atoms with E-state index in [1.54, 1.807) is 58.5 Å². The number of aliphatic hydroxyl groups excluding tert-OH is 2. The fourth-order valence-corrected chi connectivity index (χ4v) is 6.60. The normalized spacial score (nSPS) is 25.6. The van der Waals surface area contributed by atoms with Crippen molar-refractivity contribution in [1.82, 2.24) is 9.80 Å². The van der Waals surface area contributed by atoms with Gasteiger partial charge in [0.1, 0.15) is 22.8 Å². The second kappa shape index (κ2) is 9.57. The molecule has 4 atom stereocenters. The highest BCUT2D eigenvalue weighted by molar-refractivity contribution is 6.25. The summed E-state index contributed by atoms with van der Waals surface area (Å²) >= 11 is 0. The number of Topliss-reactive ketones (excluding diaryl/α,β-unsaturated/α-hetero) is 2. The lowest BCUT2D eigenvalue weighted by molar-refractivity contribution is -0.148. The minimum Gasteiger partial charge on any atom is -0.510 e. The molecule has 0 aliphatic heterocycles. The van der Waals surface area contributed by atoms with E-state index in [1.165, 1.54) is 15.9 Å². The van der Waals surface area contributed by atoms with Gasteiger partial charge in [0.15, 0.2) is 11.4 Å². The zero-order valence-corrected chi connectivity index (χ0v) is 23.0. The molecular formula is C30H31N3O8. The van der Waals surface area contributed by atoms with Gasteiger partial charge in [-0.3, -0.25) is 24.1 Å². The van der Waals surface area contributed by atoms with Gasteiger partial charge in [-0.05, 0) is 67.7 Å². The zero-order chi connectivity index (χ0) is 30.1. The van der Waals surface area contributed by atoms with Crippen molar-refractivity contribution in [2.75, 3.05) is 28.2 Å². The number of rotatable bonds is 4. The largest absolute Gasteiger partial charge is 0.510 e. The van der Waals surface area contributed by atoms with Crippen molar-refractivity contribution in [1.29, 1.82) is 0 Å². The first kappa shape index (κ1) is 28.1. The molecule has 3 aliphatic carbocycles. The Morgan fingerprint density at radius 3 is 2.32 bits per heavy atom. The number of nitrogens with zero attached hydrogens (tertiary/aromatic N) is 2. The summed E-state index contributed by atoms with van der Waals surface area (Å²) in [4.78, 5) is 55.0. The van der Waals surface area contributed by atoms with Crippen LogP contribution in [0.1, 0.15) is 32.7 Å². The van der Waals surface area contributed by atoms with Crippen molar-refractivity contribution in [2.24, 2.45) is 17.6 Å². The molecule has 11 heteroatoms. The average Bonchev–Trinajstić information content (AvgIpc) is 2.90. The highest BCUT2D eigenvalue weighted by atomic mass is 16.3. The highest BCUT2D eigenvalue weighted by Gasteiger charge is 2.63. The Bertz CT molecular complexity index is 1600. The maximum Gasteiger partial charge on any atom is 0.255 e. The van der Waals surface area contributed by atoms with Crippen LogP contribution in [-0.2, 0) is 16.0 Å². The molecule has 2 aromatic carbocycles. The molecule has 0 fully saturated rings. The van der Waals surface area contributed by atoms with Crippen molar-refractivity contribution in [2.45, 2.75) is 24.5 Å². The molecule has 0 bridgehead atoms. The molecule has 0 saturated carbocycles. The third-order valence-corrected chi connectivity index (χ3v) is 8.43. The fourth-order valence-electron chi connectivity index (χ4n) is 6.60. The van der Waals surface area contributed by atoms with Gasteiger partial charge in [-0.1, -0.05) is 18.2 Å². The maximum atomic E-state index is 13.9. The number of amides is 2. The quantitative estimate of drug-likeness (QED) is 0.345. The summed E-state index contributed by atoms with van der Waals surface area (Å²) in [6.07, 6.45) is 0.129. The molecule has 5 rings (SSSR count). The van der Waals surface area contributed by atoms with Crippen molar-refractivity contribution < 1.29 is 39.6 Å². The van der Waals surface area contributed by atoms with Gasteiger partial charge in [0.2, 0.25) is 5.78 Å². The standard InChI is InChI=1S/C30H31N3O8/c1-32(2)23-18-12-15-11-17-16(13-6-5-7-14(10-13)29(40)33(3)4)8-9-19(34)21(17)24(35)20(15)26(37)30(18,41)27(38)22(25(23)36)28(31)39/h5-10,15,18,23,34,36-37,41H,11-12H2,1-4H3,(H2,31,39). The average molecular weight is 562 g/mol. The first-order valence-electron chi connectivity index (χ1n) is 13.0. The first-order valence-corrected chi connectivity index (χ1v) is 13.0. The molecule has 2 amide bonds. The fraction of sp³-hybridized carbons (Fsp3) is 0.333.